The van der Waals surface area contributed by atoms with Crippen LogP contribution in [0.2, 0.25) is 0 Å². The molecule has 0 aromatic carbocycles. The van der Waals surface area contributed by atoms with E-state index in [0.717, 1.165) is 68.6 Å². The number of carbonyl (C=O) groups excluding carboxylic acids is 2. The van der Waals surface area contributed by atoms with Gasteiger partial charge in [-0.25, -0.2) is 4.52 Å². The van der Waals surface area contributed by atoms with Crippen LogP contribution in [-0.2, 0) is 0 Å². The molecule has 5 heterocycles. The lowest BCUT2D eigenvalue weighted by atomic mass is 10.0. The van der Waals surface area contributed by atoms with Crippen LogP contribution in [-0.4, -0.2) is 75.5 Å². The van der Waals surface area contributed by atoms with E-state index in [1.165, 1.54) is 6.42 Å². The van der Waals surface area contributed by atoms with Crippen molar-refractivity contribution in [2.24, 2.45) is 0 Å². The highest BCUT2D eigenvalue weighted by Gasteiger charge is 2.23. The zero-order valence-corrected chi connectivity index (χ0v) is 19.0. The molecule has 3 aromatic rings. The lowest BCUT2D eigenvalue weighted by molar-refractivity contribution is 0.0726. The van der Waals surface area contributed by atoms with E-state index in [-0.39, 0.29) is 17.9 Å². The Morgan fingerprint density at radius 2 is 1.79 bits per heavy atom. The Kier molecular flexibility index (Phi) is 6.09. The second-order valence-electron chi connectivity index (χ2n) is 9.13. The molecule has 8 heteroatoms. The minimum Gasteiger partial charge on any atom is -0.349 e. The summed E-state index contributed by atoms with van der Waals surface area (Å²) in [6.45, 7) is 3.58. The van der Waals surface area contributed by atoms with Crippen molar-refractivity contribution in [2.75, 3.05) is 33.2 Å². The number of pyridine rings is 2. The Hall–Kier alpha value is -3.26. The molecule has 5 rings (SSSR count). The molecule has 2 aliphatic rings. The molecule has 0 radical (unpaired) electrons. The van der Waals surface area contributed by atoms with Crippen LogP contribution >= 0.6 is 0 Å². The summed E-state index contributed by atoms with van der Waals surface area (Å²) in [6.07, 6.45) is 10.2. The summed E-state index contributed by atoms with van der Waals surface area (Å²) in [7, 11) is 2.10. The number of carbonyl (C=O) groups is 2. The van der Waals surface area contributed by atoms with Crippen LogP contribution in [0, 0.1) is 0 Å². The van der Waals surface area contributed by atoms with Crippen LogP contribution in [0.3, 0.4) is 0 Å². The maximum absolute atomic E-state index is 13.1. The van der Waals surface area contributed by atoms with Gasteiger partial charge in [-0.15, -0.1) is 0 Å². The van der Waals surface area contributed by atoms with Gasteiger partial charge >= 0.3 is 0 Å². The van der Waals surface area contributed by atoms with Crippen molar-refractivity contribution in [2.45, 2.75) is 38.1 Å². The molecular formula is C25H30N6O2. The highest BCUT2D eigenvalue weighted by atomic mass is 16.2. The summed E-state index contributed by atoms with van der Waals surface area (Å²) in [5, 5.41) is 7.67. The fourth-order valence-corrected chi connectivity index (χ4v) is 4.79. The van der Waals surface area contributed by atoms with Gasteiger partial charge in [0.15, 0.2) is 0 Å². The average Bonchev–Trinajstić information content (AvgIpc) is 3.30. The molecule has 0 aliphatic carbocycles. The van der Waals surface area contributed by atoms with E-state index in [4.69, 9.17) is 0 Å². The number of aromatic nitrogens is 3. The number of rotatable bonds is 4. The Bertz CT molecular complexity index is 1160. The molecule has 8 nitrogen and oxygen atoms in total. The number of hydrogen-bond donors (Lipinski definition) is 1. The van der Waals surface area contributed by atoms with Gasteiger partial charge in [0.05, 0.1) is 28.5 Å². The molecule has 3 aromatic heterocycles. The molecule has 2 amide bonds. The third-order valence-corrected chi connectivity index (χ3v) is 6.77. The van der Waals surface area contributed by atoms with Crippen molar-refractivity contribution in [1.29, 1.82) is 0 Å². The number of nitrogens with zero attached hydrogens (tertiary/aromatic N) is 5. The van der Waals surface area contributed by atoms with Crippen LogP contribution in [0.15, 0.2) is 42.9 Å². The minimum absolute atomic E-state index is 0.0335. The van der Waals surface area contributed by atoms with Crippen molar-refractivity contribution < 1.29 is 9.59 Å². The number of hydrogen-bond acceptors (Lipinski definition) is 5. The molecule has 172 valence electrons. The highest BCUT2D eigenvalue weighted by molar-refractivity contribution is 6.01. The molecule has 0 unspecified atom stereocenters. The molecule has 2 saturated heterocycles. The van der Waals surface area contributed by atoms with Gasteiger partial charge in [-0.3, -0.25) is 14.6 Å². The normalized spacial score (nSPS) is 17.9. The van der Waals surface area contributed by atoms with E-state index in [1.807, 2.05) is 29.2 Å². The van der Waals surface area contributed by atoms with Crippen LogP contribution in [0.4, 0.5) is 0 Å². The standard InChI is InChI=1S/C25H30N6O2/c1-29-12-8-20(9-13-29)28-24(32)19-14-18(15-26-16-19)22-6-5-7-23-21(17-27-31(22)23)25(33)30-10-3-2-4-11-30/h5-7,14-17,20H,2-4,8-13H2,1H3,(H,28,32). The summed E-state index contributed by atoms with van der Waals surface area (Å²) >= 11 is 0. The molecule has 1 N–H and O–H groups in total. The first-order valence-corrected chi connectivity index (χ1v) is 11.8. The number of likely N-dealkylation sites (tertiary alicyclic amines) is 2. The lowest BCUT2D eigenvalue weighted by Crippen LogP contribution is -2.43. The topological polar surface area (TPSA) is 82.8 Å². The lowest BCUT2D eigenvalue weighted by Gasteiger charge is -2.29. The van der Waals surface area contributed by atoms with Crippen molar-refractivity contribution in [3.8, 4) is 11.3 Å². The van der Waals surface area contributed by atoms with E-state index in [9.17, 15) is 9.59 Å². The molecule has 2 fully saturated rings. The van der Waals surface area contributed by atoms with Crippen molar-refractivity contribution in [1.82, 2.24) is 29.7 Å². The smallest absolute Gasteiger partial charge is 0.257 e. The summed E-state index contributed by atoms with van der Waals surface area (Å²) in [6, 6.07) is 7.81. The molecule has 0 bridgehead atoms. The van der Waals surface area contributed by atoms with E-state index in [1.54, 1.807) is 23.1 Å². The zero-order chi connectivity index (χ0) is 22.8. The number of fused-ring (bicyclic) bond motifs is 1. The van der Waals surface area contributed by atoms with Crippen molar-refractivity contribution >= 4 is 17.3 Å². The predicted molar refractivity (Wildman–Crippen MR) is 126 cm³/mol. The maximum Gasteiger partial charge on any atom is 0.257 e. The molecular weight excluding hydrogens is 416 g/mol. The number of amides is 2. The minimum atomic E-state index is -0.104. The molecule has 0 atom stereocenters. The quantitative estimate of drug-likeness (QED) is 0.666. The Labute approximate surface area is 193 Å². The summed E-state index contributed by atoms with van der Waals surface area (Å²) in [4.78, 5) is 34.5. The van der Waals surface area contributed by atoms with E-state index in [2.05, 4.69) is 27.3 Å². The van der Waals surface area contributed by atoms with Crippen molar-refractivity contribution in [3.05, 3.63) is 54.0 Å². The van der Waals surface area contributed by atoms with E-state index in [0.29, 0.717) is 11.1 Å². The SMILES string of the molecule is CN1CCC(NC(=O)c2cncc(-c3cccc4c(C(=O)N5CCCCC5)cnn34)c2)CC1. The summed E-state index contributed by atoms with van der Waals surface area (Å²) in [5.74, 6) is -0.0706. The highest BCUT2D eigenvalue weighted by Crippen LogP contribution is 2.24. The predicted octanol–water partition coefficient (Wildman–Crippen LogP) is 2.85. The van der Waals surface area contributed by atoms with Crippen LogP contribution in [0.1, 0.15) is 52.8 Å². The monoisotopic (exact) mass is 446 g/mol. The zero-order valence-electron chi connectivity index (χ0n) is 19.0. The van der Waals surface area contributed by atoms with Gasteiger partial charge in [-0.2, -0.15) is 5.10 Å². The second kappa shape index (κ2) is 9.31. The van der Waals surface area contributed by atoms with Gasteiger partial charge in [0.1, 0.15) is 0 Å². The van der Waals surface area contributed by atoms with Gasteiger partial charge in [0.2, 0.25) is 0 Å². The summed E-state index contributed by atoms with van der Waals surface area (Å²) in [5.41, 5.74) is 3.50. The van der Waals surface area contributed by atoms with Gasteiger partial charge < -0.3 is 15.1 Å². The average molecular weight is 447 g/mol. The third kappa shape index (κ3) is 4.48. The van der Waals surface area contributed by atoms with Crippen LogP contribution < -0.4 is 5.32 Å². The van der Waals surface area contributed by atoms with Gasteiger partial charge in [0, 0.05) is 37.1 Å². The third-order valence-electron chi connectivity index (χ3n) is 6.77. The fourth-order valence-electron chi connectivity index (χ4n) is 4.79. The Morgan fingerprint density at radius 3 is 2.58 bits per heavy atom. The van der Waals surface area contributed by atoms with Gasteiger partial charge in [-0.05, 0) is 70.4 Å². The van der Waals surface area contributed by atoms with Gasteiger partial charge in [0.25, 0.3) is 11.8 Å². The van der Waals surface area contributed by atoms with Crippen LogP contribution in [0.5, 0.6) is 0 Å². The summed E-state index contributed by atoms with van der Waals surface area (Å²) < 4.78 is 1.77. The molecule has 33 heavy (non-hydrogen) atoms. The molecule has 2 aliphatic heterocycles. The largest absolute Gasteiger partial charge is 0.349 e. The first-order chi connectivity index (χ1) is 16.1. The first kappa shape index (κ1) is 21.6. The molecule has 0 spiro atoms. The fraction of sp³-hybridized carbons (Fsp3) is 0.440. The Balaban J connectivity index is 1.40. The maximum atomic E-state index is 13.1. The van der Waals surface area contributed by atoms with Crippen molar-refractivity contribution in [3.63, 3.8) is 0 Å². The van der Waals surface area contributed by atoms with E-state index < -0.39 is 0 Å². The number of piperidine rings is 2. The number of nitrogens with one attached hydrogen (secondary N) is 1. The molecule has 0 saturated carbocycles. The second-order valence-corrected chi connectivity index (χ2v) is 9.13. The first-order valence-electron chi connectivity index (χ1n) is 11.8. The van der Waals surface area contributed by atoms with Crippen LogP contribution in [0.25, 0.3) is 16.8 Å². The van der Waals surface area contributed by atoms with Gasteiger partial charge in [-0.1, -0.05) is 6.07 Å². The Morgan fingerprint density at radius 1 is 1.00 bits per heavy atom. The van der Waals surface area contributed by atoms with E-state index >= 15 is 0 Å².